The highest BCUT2D eigenvalue weighted by Crippen LogP contribution is 2.18. The maximum absolute atomic E-state index is 11.8. The number of rotatable bonds is 1. The Bertz CT molecular complexity index is 348. The summed E-state index contributed by atoms with van der Waals surface area (Å²) < 4.78 is 5.08. The first-order valence-corrected chi connectivity index (χ1v) is 5.45. The molecule has 0 aromatic heterocycles. The third kappa shape index (κ3) is 4.33. The zero-order valence-corrected chi connectivity index (χ0v) is 10.9. The van der Waals surface area contributed by atoms with Gasteiger partial charge in [-0.25, -0.2) is 9.59 Å². The van der Waals surface area contributed by atoms with Crippen molar-refractivity contribution in [2.24, 2.45) is 0 Å². The summed E-state index contributed by atoms with van der Waals surface area (Å²) in [4.78, 5) is 35.0. The second-order valence-electron chi connectivity index (χ2n) is 5.04. The van der Waals surface area contributed by atoms with E-state index in [1.165, 1.54) is 0 Å². The molecule has 4 N–H and O–H groups in total. The quantitative estimate of drug-likeness (QED) is 0.731. The molecule has 0 radical (unpaired) electrons. The van der Waals surface area contributed by atoms with Gasteiger partial charge < -0.3 is 16.0 Å². The van der Waals surface area contributed by atoms with Crippen LogP contribution in [-0.4, -0.2) is 46.0 Å². The van der Waals surface area contributed by atoms with Crippen LogP contribution in [0.3, 0.4) is 0 Å². The Balaban J connectivity index is 0.00000289. The van der Waals surface area contributed by atoms with Gasteiger partial charge in [0.2, 0.25) is 0 Å². The molecule has 7 nitrogen and oxygen atoms in total. The van der Waals surface area contributed by atoms with Crippen LogP contribution in [0.25, 0.3) is 0 Å². The second-order valence-corrected chi connectivity index (χ2v) is 5.04. The zero-order valence-electron chi connectivity index (χ0n) is 10.9. The number of carbonyl (C=O) groups is 3. The summed E-state index contributed by atoms with van der Waals surface area (Å²) >= 11 is 0. The molecule has 0 aliphatic carbocycles. The Hall–Kier alpha value is -1.63. The molecule has 1 atom stereocenters. The SMILES string of the molecule is CC(C)(C)OC(=O)N1CC(=O)CCC1C(=O)O.N. The molecule has 1 saturated heterocycles. The first kappa shape index (κ1) is 16.4. The summed E-state index contributed by atoms with van der Waals surface area (Å²) in [6.45, 7) is 4.87. The molecule has 1 rings (SSSR count). The number of ketones is 1. The fourth-order valence-electron chi connectivity index (χ4n) is 1.60. The van der Waals surface area contributed by atoms with Gasteiger partial charge in [-0.3, -0.25) is 9.69 Å². The first-order valence-electron chi connectivity index (χ1n) is 5.45. The number of amides is 1. The molecule has 0 bridgehead atoms. The molecule has 0 aromatic rings. The van der Waals surface area contributed by atoms with Crippen molar-refractivity contribution in [1.82, 2.24) is 11.1 Å². The van der Waals surface area contributed by atoms with Crippen LogP contribution in [0.2, 0.25) is 0 Å². The fourth-order valence-corrected chi connectivity index (χ4v) is 1.60. The second kappa shape index (κ2) is 5.81. The lowest BCUT2D eigenvalue weighted by molar-refractivity contribution is -0.145. The molecule has 1 heterocycles. The minimum Gasteiger partial charge on any atom is -0.480 e. The lowest BCUT2D eigenvalue weighted by Gasteiger charge is -2.33. The number of Topliss-reactive ketones (excluding diaryl/α,β-unsaturated/α-hetero) is 1. The number of hydrogen-bond donors (Lipinski definition) is 2. The Kier molecular flexibility index (Phi) is 5.29. The molecule has 18 heavy (non-hydrogen) atoms. The van der Waals surface area contributed by atoms with Gasteiger partial charge in [0, 0.05) is 6.42 Å². The highest BCUT2D eigenvalue weighted by Gasteiger charge is 2.37. The van der Waals surface area contributed by atoms with E-state index < -0.39 is 23.7 Å². The summed E-state index contributed by atoms with van der Waals surface area (Å²) in [7, 11) is 0. The molecule has 7 heteroatoms. The van der Waals surface area contributed by atoms with Gasteiger partial charge in [0.25, 0.3) is 0 Å². The van der Waals surface area contributed by atoms with Crippen molar-refractivity contribution < 1.29 is 24.2 Å². The maximum atomic E-state index is 11.8. The van der Waals surface area contributed by atoms with Crippen LogP contribution in [0.5, 0.6) is 0 Å². The predicted octanol–water partition coefficient (Wildman–Crippen LogP) is 1.20. The zero-order chi connectivity index (χ0) is 13.2. The van der Waals surface area contributed by atoms with Gasteiger partial charge in [-0.15, -0.1) is 0 Å². The Morgan fingerprint density at radius 1 is 1.39 bits per heavy atom. The van der Waals surface area contributed by atoms with E-state index in [1.54, 1.807) is 20.8 Å². The number of piperidine rings is 1. The average Bonchev–Trinajstić information content (AvgIpc) is 2.14. The van der Waals surface area contributed by atoms with Crippen LogP contribution < -0.4 is 6.15 Å². The number of likely N-dealkylation sites (tertiary alicyclic amines) is 1. The Morgan fingerprint density at radius 2 is 1.94 bits per heavy atom. The molecule has 1 amide bonds. The standard InChI is InChI=1S/C11H17NO5.H3N/c1-11(2,3)17-10(16)12-6-7(13)4-5-8(12)9(14)15;/h8H,4-6H2,1-3H3,(H,14,15);1H3. The van der Waals surface area contributed by atoms with E-state index in [-0.39, 0.29) is 31.3 Å². The Labute approximate surface area is 106 Å². The minimum atomic E-state index is -1.11. The molecule has 0 spiro atoms. The van der Waals surface area contributed by atoms with Crippen LogP contribution in [0, 0.1) is 0 Å². The largest absolute Gasteiger partial charge is 0.480 e. The van der Waals surface area contributed by atoms with Gasteiger partial charge in [0.05, 0.1) is 6.54 Å². The van der Waals surface area contributed by atoms with Gasteiger partial charge in [0.15, 0.2) is 5.78 Å². The van der Waals surface area contributed by atoms with Crippen molar-refractivity contribution in [1.29, 1.82) is 0 Å². The molecule has 1 unspecified atom stereocenters. The number of hydrogen-bond acceptors (Lipinski definition) is 5. The van der Waals surface area contributed by atoms with Crippen molar-refractivity contribution in [3.63, 3.8) is 0 Å². The molecule has 0 aromatic carbocycles. The van der Waals surface area contributed by atoms with Crippen molar-refractivity contribution >= 4 is 17.8 Å². The monoisotopic (exact) mass is 260 g/mol. The third-order valence-electron chi connectivity index (χ3n) is 2.33. The normalized spacial score (nSPS) is 20.1. The maximum Gasteiger partial charge on any atom is 0.411 e. The number of nitrogens with zero attached hydrogens (tertiary/aromatic N) is 1. The van der Waals surface area contributed by atoms with Gasteiger partial charge >= 0.3 is 12.1 Å². The number of carbonyl (C=O) groups excluding carboxylic acids is 2. The molecule has 104 valence electrons. The van der Waals surface area contributed by atoms with Crippen molar-refractivity contribution in [2.45, 2.75) is 45.3 Å². The van der Waals surface area contributed by atoms with Gasteiger partial charge in [-0.1, -0.05) is 0 Å². The first-order chi connectivity index (χ1) is 7.70. The molecular formula is C11H20N2O5. The van der Waals surface area contributed by atoms with Gasteiger partial charge in [-0.05, 0) is 27.2 Å². The smallest absolute Gasteiger partial charge is 0.411 e. The van der Waals surface area contributed by atoms with Gasteiger partial charge in [0.1, 0.15) is 11.6 Å². The topological polar surface area (TPSA) is 119 Å². The van der Waals surface area contributed by atoms with Crippen LogP contribution in [0.1, 0.15) is 33.6 Å². The average molecular weight is 260 g/mol. The molecule has 0 saturated carbocycles. The Morgan fingerprint density at radius 3 is 2.39 bits per heavy atom. The van der Waals surface area contributed by atoms with E-state index >= 15 is 0 Å². The summed E-state index contributed by atoms with van der Waals surface area (Å²) in [6, 6.07) is -0.970. The van der Waals surface area contributed by atoms with E-state index in [4.69, 9.17) is 9.84 Å². The minimum absolute atomic E-state index is 0. The summed E-state index contributed by atoms with van der Waals surface area (Å²) in [6.07, 6.45) is -0.415. The number of ether oxygens (including phenoxy) is 1. The van der Waals surface area contributed by atoms with Crippen molar-refractivity contribution in [2.75, 3.05) is 6.54 Å². The third-order valence-corrected chi connectivity index (χ3v) is 2.33. The number of carboxylic acid groups (broad SMARTS) is 1. The van der Waals surface area contributed by atoms with Crippen LogP contribution in [0.15, 0.2) is 0 Å². The van der Waals surface area contributed by atoms with E-state index in [9.17, 15) is 14.4 Å². The van der Waals surface area contributed by atoms with Crippen LogP contribution in [0.4, 0.5) is 4.79 Å². The van der Waals surface area contributed by atoms with Gasteiger partial charge in [-0.2, -0.15) is 0 Å². The van der Waals surface area contributed by atoms with E-state index in [2.05, 4.69) is 0 Å². The highest BCUT2D eigenvalue weighted by atomic mass is 16.6. The molecular weight excluding hydrogens is 240 g/mol. The number of aliphatic carboxylic acids is 1. The molecule has 1 aliphatic heterocycles. The summed E-state index contributed by atoms with van der Waals surface area (Å²) in [5, 5.41) is 8.98. The van der Waals surface area contributed by atoms with Crippen molar-refractivity contribution in [3.05, 3.63) is 0 Å². The summed E-state index contributed by atoms with van der Waals surface area (Å²) in [5.41, 5.74) is -0.708. The van der Waals surface area contributed by atoms with E-state index in [0.717, 1.165) is 4.90 Å². The van der Waals surface area contributed by atoms with E-state index in [1.807, 2.05) is 0 Å². The predicted molar refractivity (Wildman–Crippen MR) is 63.6 cm³/mol. The number of carboxylic acids is 1. The van der Waals surface area contributed by atoms with Crippen LogP contribution in [-0.2, 0) is 14.3 Å². The van der Waals surface area contributed by atoms with E-state index in [0.29, 0.717) is 0 Å². The fraction of sp³-hybridized carbons (Fsp3) is 0.727. The highest BCUT2D eigenvalue weighted by molar-refractivity contribution is 5.90. The lowest BCUT2D eigenvalue weighted by atomic mass is 10.0. The van der Waals surface area contributed by atoms with Crippen molar-refractivity contribution in [3.8, 4) is 0 Å². The molecule has 1 fully saturated rings. The lowest BCUT2D eigenvalue weighted by Crippen LogP contribution is -2.52. The molecule has 1 aliphatic rings. The van der Waals surface area contributed by atoms with Crippen LogP contribution >= 0.6 is 0 Å². The summed E-state index contributed by atoms with van der Waals surface area (Å²) in [5.74, 6) is -1.25.